The molecule has 3 nitrogen and oxygen atoms in total. The summed E-state index contributed by atoms with van der Waals surface area (Å²) in [7, 11) is 0. The number of hydrogen-bond acceptors (Lipinski definition) is 3. The Hall–Kier alpha value is -1.81. The molecular formula is C14H16N2OS. The number of nitrogens with one attached hydrogen (secondary N) is 1. The lowest BCUT2D eigenvalue weighted by atomic mass is 10.1. The molecule has 0 aliphatic heterocycles. The first-order chi connectivity index (χ1) is 8.63. The summed E-state index contributed by atoms with van der Waals surface area (Å²) in [5.74, 6) is -0.133. The fourth-order valence-electron chi connectivity index (χ4n) is 1.88. The topological polar surface area (TPSA) is 55.1 Å². The van der Waals surface area contributed by atoms with Crippen LogP contribution in [0.5, 0.6) is 0 Å². The van der Waals surface area contributed by atoms with E-state index in [0.29, 0.717) is 10.6 Å². The van der Waals surface area contributed by atoms with Crippen LogP contribution in [0.25, 0.3) is 0 Å². The van der Waals surface area contributed by atoms with Crippen molar-refractivity contribution in [2.75, 3.05) is 11.1 Å². The number of nitrogens with two attached hydrogens (primary N) is 1. The van der Waals surface area contributed by atoms with E-state index in [1.807, 2.05) is 30.5 Å². The molecule has 18 heavy (non-hydrogen) atoms. The molecule has 94 valence electrons. The summed E-state index contributed by atoms with van der Waals surface area (Å²) in [6, 6.07) is 7.77. The summed E-state index contributed by atoms with van der Waals surface area (Å²) < 4.78 is 0. The SMILES string of the molecule is CCc1cccc(C)c1NC(=O)c1sccc1N. The number of carbonyl (C=O) groups is 1. The number of nitrogen functional groups attached to an aromatic ring is 1. The number of rotatable bonds is 3. The second kappa shape index (κ2) is 5.23. The van der Waals surface area contributed by atoms with Crippen molar-refractivity contribution in [1.29, 1.82) is 0 Å². The van der Waals surface area contributed by atoms with E-state index in [2.05, 4.69) is 12.2 Å². The van der Waals surface area contributed by atoms with Crippen LogP contribution in [0.2, 0.25) is 0 Å². The van der Waals surface area contributed by atoms with Crippen LogP contribution < -0.4 is 11.1 Å². The van der Waals surface area contributed by atoms with Crippen molar-refractivity contribution in [2.45, 2.75) is 20.3 Å². The second-order valence-electron chi connectivity index (χ2n) is 4.12. The molecule has 1 aromatic heterocycles. The third-order valence-corrected chi connectivity index (χ3v) is 3.81. The summed E-state index contributed by atoms with van der Waals surface area (Å²) in [5, 5.41) is 4.79. The van der Waals surface area contributed by atoms with Crippen molar-refractivity contribution in [3.05, 3.63) is 45.6 Å². The van der Waals surface area contributed by atoms with Gasteiger partial charge in [0, 0.05) is 5.69 Å². The molecule has 0 spiro atoms. The van der Waals surface area contributed by atoms with Gasteiger partial charge >= 0.3 is 0 Å². The maximum absolute atomic E-state index is 12.1. The minimum atomic E-state index is -0.133. The van der Waals surface area contributed by atoms with Gasteiger partial charge < -0.3 is 11.1 Å². The zero-order valence-corrected chi connectivity index (χ0v) is 11.3. The van der Waals surface area contributed by atoms with Crippen molar-refractivity contribution in [3.63, 3.8) is 0 Å². The minimum Gasteiger partial charge on any atom is -0.397 e. The average molecular weight is 260 g/mol. The van der Waals surface area contributed by atoms with Crippen LogP contribution in [0, 0.1) is 6.92 Å². The quantitative estimate of drug-likeness (QED) is 0.888. The Labute approximate surface area is 111 Å². The van der Waals surface area contributed by atoms with Crippen LogP contribution in [-0.2, 0) is 6.42 Å². The van der Waals surface area contributed by atoms with E-state index in [1.54, 1.807) is 6.07 Å². The Morgan fingerprint density at radius 3 is 2.78 bits per heavy atom. The molecular weight excluding hydrogens is 244 g/mol. The molecule has 0 bridgehead atoms. The number of thiophene rings is 1. The summed E-state index contributed by atoms with van der Waals surface area (Å²) in [6.07, 6.45) is 0.886. The Morgan fingerprint density at radius 1 is 1.39 bits per heavy atom. The molecule has 0 saturated heterocycles. The van der Waals surface area contributed by atoms with E-state index >= 15 is 0 Å². The van der Waals surface area contributed by atoms with Crippen molar-refractivity contribution >= 4 is 28.6 Å². The van der Waals surface area contributed by atoms with E-state index in [0.717, 1.165) is 23.2 Å². The minimum absolute atomic E-state index is 0.133. The fourth-order valence-corrected chi connectivity index (χ4v) is 2.59. The number of benzene rings is 1. The van der Waals surface area contributed by atoms with Crippen molar-refractivity contribution in [2.24, 2.45) is 0 Å². The molecule has 0 atom stereocenters. The molecule has 2 aromatic rings. The van der Waals surface area contributed by atoms with Crippen molar-refractivity contribution < 1.29 is 4.79 Å². The lowest BCUT2D eigenvalue weighted by Crippen LogP contribution is -2.14. The number of aryl methyl sites for hydroxylation is 2. The zero-order valence-electron chi connectivity index (χ0n) is 10.5. The van der Waals surface area contributed by atoms with Gasteiger partial charge in [0.2, 0.25) is 0 Å². The molecule has 1 heterocycles. The van der Waals surface area contributed by atoms with Gasteiger partial charge in [0.05, 0.1) is 5.69 Å². The van der Waals surface area contributed by atoms with Crippen LogP contribution in [0.3, 0.4) is 0 Å². The van der Waals surface area contributed by atoms with E-state index in [4.69, 9.17) is 5.73 Å². The van der Waals surface area contributed by atoms with Crippen molar-refractivity contribution in [3.8, 4) is 0 Å². The molecule has 1 amide bonds. The lowest BCUT2D eigenvalue weighted by molar-refractivity contribution is 0.103. The van der Waals surface area contributed by atoms with Gasteiger partial charge in [-0.15, -0.1) is 11.3 Å². The Kier molecular flexibility index (Phi) is 3.67. The first-order valence-electron chi connectivity index (χ1n) is 5.86. The number of para-hydroxylation sites is 1. The summed E-state index contributed by atoms with van der Waals surface area (Å²) in [5.41, 5.74) is 9.39. The second-order valence-corrected chi connectivity index (χ2v) is 5.04. The monoisotopic (exact) mass is 260 g/mol. The highest BCUT2D eigenvalue weighted by Crippen LogP contribution is 2.24. The number of hydrogen-bond donors (Lipinski definition) is 2. The first kappa shape index (κ1) is 12.6. The predicted octanol–water partition coefficient (Wildman–Crippen LogP) is 3.45. The lowest BCUT2D eigenvalue weighted by Gasteiger charge is -2.12. The largest absolute Gasteiger partial charge is 0.397 e. The highest BCUT2D eigenvalue weighted by Gasteiger charge is 2.13. The van der Waals surface area contributed by atoms with Gasteiger partial charge in [0.1, 0.15) is 4.88 Å². The van der Waals surface area contributed by atoms with E-state index in [-0.39, 0.29) is 5.91 Å². The van der Waals surface area contributed by atoms with Crippen molar-refractivity contribution in [1.82, 2.24) is 0 Å². The van der Waals surface area contributed by atoms with E-state index in [1.165, 1.54) is 11.3 Å². The molecule has 3 N–H and O–H groups in total. The van der Waals surface area contributed by atoms with E-state index in [9.17, 15) is 4.79 Å². The third kappa shape index (κ3) is 2.38. The van der Waals surface area contributed by atoms with Crippen LogP contribution in [0.4, 0.5) is 11.4 Å². The third-order valence-electron chi connectivity index (χ3n) is 2.88. The maximum Gasteiger partial charge on any atom is 0.267 e. The first-order valence-corrected chi connectivity index (χ1v) is 6.74. The van der Waals surface area contributed by atoms with Gasteiger partial charge in [-0.05, 0) is 35.9 Å². The smallest absolute Gasteiger partial charge is 0.267 e. The van der Waals surface area contributed by atoms with Crippen LogP contribution in [0.15, 0.2) is 29.6 Å². The fraction of sp³-hybridized carbons (Fsp3) is 0.214. The molecule has 0 radical (unpaired) electrons. The van der Waals surface area contributed by atoms with Gasteiger partial charge in [-0.1, -0.05) is 25.1 Å². The summed E-state index contributed by atoms with van der Waals surface area (Å²) in [4.78, 5) is 12.7. The molecule has 4 heteroatoms. The van der Waals surface area contributed by atoms with Gasteiger partial charge in [0.25, 0.3) is 5.91 Å². The average Bonchev–Trinajstić information content (AvgIpc) is 2.78. The zero-order chi connectivity index (χ0) is 13.1. The van der Waals surface area contributed by atoms with Gasteiger partial charge in [-0.3, -0.25) is 4.79 Å². The molecule has 0 aliphatic rings. The molecule has 0 unspecified atom stereocenters. The maximum atomic E-state index is 12.1. The number of carbonyl (C=O) groups excluding carboxylic acids is 1. The summed E-state index contributed by atoms with van der Waals surface area (Å²) >= 11 is 1.36. The van der Waals surface area contributed by atoms with E-state index < -0.39 is 0 Å². The van der Waals surface area contributed by atoms with Crippen LogP contribution in [0.1, 0.15) is 27.7 Å². The molecule has 0 saturated carbocycles. The Bertz CT molecular complexity index is 575. The van der Waals surface area contributed by atoms with Gasteiger partial charge in [-0.2, -0.15) is 0 Å². The highest BCUT2D eigenvalue weighted by molar-refractivity contribution is 7.12. The normalized spacial score (nSPS) is 10.3. The van der Waals surface area contributed by atoms with Crippen LogP contribution in [-0.4, -0.2) is 5.91 Å². The number of anilines is 2. The van der Waals surface area contributed by atoms with Gasteiger partial charge in [-0.25, -0.2) is 0 Å². The van der Waals surface area contributed by atoms with Crippen LogP contribution >= 0.6 is 11.3 Å². The molecule has 2 rings (SSSR count). The molecule has 1 aromatic carbocycles. The van der Waals surface area contributed by atoms with Gasteiger partial charge in [0.15, 0.2) is 0 Å². The number of amides is 1. The molecule has 0 fully saturated rings. The highest BCUT2D eigenvalue weighted by atomic mass is 32.1. The Balaban J connectivity index is 2.30. The summed E-state index contributed by atoms with van der Waals surface area (Å²) in [6.45, 7) is 4.07. The Morgan fingerprint density at radius 2 is 2.17 bits per heavy atom. The predicted molar refractivity (Wildman–Crippen MR) is 77.2 cm³/mol. The molecule has 0 aliphatic carbocycles. The standard InChI is InChI=1S/C14H16N2OS/c1-3-10-6-4-5-9(2)12(10)16-14(17)13-11(15)7-8-18-13/h4-8H,3,15H2,1-2H3,(H,16,17).